The highest BCUT2D eigenvalue weighted by Gasteiger charge is 2.46. The van der Waals surface area contributed by atoms with Gasteiger partial charge in [0.2, 0.25) is 0 Å². The van der Waals surface area contributed by atoms with Crippen LogP contribution in [0.3, 0.4) is 0 Å². The van der Waals surface area contributed by atoms with Gasteiger partial charge in [0.1, 0.15) is 5.60 Å². The highest BCUT2D eigenvalue weighted by Crippen LogP contribution is 2.46. The van der Waals surface area contributed by atoms with Crippen molar-refractivity contribution >= 4 is 17.9 Å². The zero-order chi connectivity index (χ0) is 19.8. The highest BCUT2D eigenvalue weighted by atomic mass is 16.6. The van der Waals surface area contributed by atoms with Crippen molar-refractivity contribution in [1.82, 2.24) is 4.90 Å². The number of para-hydroxylation sites is 1. The molecule has 4 nitrogen and oxygen atoms in total. The monoisotopic (exact) mass is 374 g/mol. The van der Waals surface area contributed by atoms with Crippen molar-refractivity contribution in [2.75, 3.05) is 6.54 Å². The molecule has 0 bridgehead atoms. The van der Waals surface area contributed by atoms with Gasteiger partial charge in [-0.1, -0.05) is 48.5 Å². The first-order chi connectivity index (χ1) is 13.4. The van der Waals surface area contributed by atoms with Crippen LogP contribution < -0.4 is 0 Å². The van der Waals surface area contributed by atoms with E-state index in [-0.39, 0.29) is 5.97 Å². The van der Waals surface area contributed by atoms with Crippen molar-refractivity contribution in [3.8, 4) is 0 Å². The lowest BCUT2D eigenvalue weighted by molar-refractivity contribution is -0.150. The maximum Gasteiger partial charge on any atom is 0.337 e. The summed E-state index contributed by atoms with van der Waals surface area (Å²) < 4.78 is 5.78. The summed E-state index contributed by atoms with van der Waals surface area (Å²) in [4.78, 5) is 20.0. The van der Waals surface area contributed by atoms with Gasteiger partial charge in [-0.25, -0.2) is 4.79 Å². The summed E-state index contributed by atoms with van der Waals surface area (Å²) in [6.45, 7) is 7.32. The molecule has 144 valence electrons. The molecule has 28 heavy (non-hydrogen) atoms. The van der Waals surface area contributed by atoms with Crippen LogP contribution in [-0.2, 0) is 21.5 Å². The fraction of sp³-hybridized carbons (Fsp3) is 0.333. The number of ether oxygens (including phenoxy) is 1. The van der Waals surface area contributed by atoms with Crippen molar-refractivity contribution in [2.45, 2.75) is 44.8 Å². The summed E-state index contributed by atoms with van der Waals surface area (Å²) in [6.07, 6.45) is 4.72. The Kier molecular flexibility index (Phi) is 4.58. The Labute approximate surface area is 166 Å². The molecule has 0 saturated carbocycles. The van der Waals surface area contributed by atoms with Crippen LogP contribution in [0.2, 0.25) is 0 Å². The van der Waals surface area contributed by atoms with Gasteiger partial charge in [0.15, 0.2) is 0 Å². The van der Waals surface area contributed by atoms with Crippen LogP contribution >= 0.6 is 0 Å². The molecule has 0 amide bonds. The molecule has 1 unspecified atom stereocenters. The maximum absolute atomic E-state index is 13.2. The van der Waals surface area contributed by atoms with Crippen molar-refractivity contribution in [2.24, 2.45) is 4.99 Å². The third-order valence-electron chi connectivity index (χ3n) is 5.24. The highest BCUT2D eigenvalue weighted by molar-refractivity contribution is 6.02. The van der Waals surface area contributed by atoms with Crippen LogP contribution in [0.1, 0.15) is 38.3 Å². The molecule has 0 aliphatic carbocycles. The lowest BCUT2D eigenvalue weighted by Crippen LogP contribution is -2.43. The van der Waals surface area contributed by atoms with Crippen LogP contribution in [0.5, 0.6) is 0 Å². The van der Waals surface area contributed by atoms with E-state index in [1.807, 2.05) is 69.6 Å². The molecule has 4 rings (SSSR count). The number of carbonyl (C=O) groups excluding carboxylic acids is 1. The largest absolute Gasteiger partial charge is 0.457 e. The molecule has 0 saturated heterocycles. The standard InChI is InChI=1S/C24H26N2O2/c1-23(2,3)28-22(27)20-16-26(15-18-9-5-4-6-10-18)14-13-24(20)17-25-21-12-8-7-11-19(21)24/h4-12,16-17H,13-15H2,1-3H3. The number of fused-ring (bicyclic) bond motifs is 2. The third kappa shape index (κ3) is 3.47. The zero-order valence-electron chi connectivity index (χ0n) is 16.7. The van der Waals surface area contributed by atoms with E-state index in [0.717, 1.165) is 30.8 Å². The van der Waals surface area contributed by atoms with E-state index < -0.39 is 11.0 Å². The predicted molar refractivity (Wildman–Crippen MR) is 112 cm³/mol. The molecule has 4 heteroatoms. The number of aliphatic imine (C=N–C) groups is 1. The summed E-state index contributed by atoms with van der Waals surface area (Å²) in [7, 11) is 0. The maximum atomic E-state index is 13.2. The van der Waals surface area contributed by atoms with E-state index >= 15 is 0 Å². The second kappa shape index (κ2) is 6.93. The smallest absolute Gasteiger partial charge is 0.337 e. The van der Waals surface area contributed by atoms with E-state index in [1.165, 1.54) is 5.56 Å². The summed E-state index contributed by atoms with van der Waals surface area (Å²) in [5, 5.41) is 0. The van der Waals surface area contributed by atoms with E-state index in [0.29, 0.717) is 5.57 Å². The minimum atomic E-state index is -0.546. The number of carbonyl (C=O) groups is 1. The van der Waals surface area contributed by atoms with Crippen molar-refractivity contribution in [3.05, 3.63) is 77.5 Å². The van der Waals surface area contributed by atoms with Gasteiger partial charge in [-0.05, 0) is 44.4 Å². The van der Waals surface area contributed by atoms with Gasteiger partial charge in [0.25, 0.3) is 0 Å². The van der Waals surface area contributed by atoms with Gasteiger partial charge < -0.3 is 9.64 Å². The molecule has 0 radical (unpaired) electrons. The van der Waals surface area contributed by atoms with E-state index in [2.05, 4.69) is 28.1 Å². The first-order valence-electron chi connectivity index (χ1n) is 9.76. The van der Waals surface area contributed by atoms with Gasteiger partial charge in [0, 0.05) is 25.5 Å². The van der Waals surface area contributed by atoms with Gasteiger partial charge in [-0.3, -0.25) is 4.99 Å². The Morgan fingerprint density at radius 1 is 1.11 bits per heavy atom. The molecular formula is C24H26N2O2. The zero-order valence-corrected chi connectivity index (χ0v) is 16.7. The van der Waals surface area contributed by atoms with Gasteiger partial charge in [0.05, 0.1) is 16.7 Å². The van der Waals surface area contributed by atoms with Crippen LogP contribution in [0.4, 0.5) is 5.69 Å². The fourth-order valence-electron chi connectivity index (χ4n) is 3.95. The first kappa shape index (κ1) is 18.5. The number of hydrogen-bond acceptors (Lipinski definition) is 4. The topological polar surface area (TPSA) is 41.9 Å². The average molecular weight is 374 g/mol. The number of benzene rings is 2. The number of nitrogens with zero attached hydrogens (tertiary/aromatic N) is 2. The summed E-state index contributed by atoms with van der Waals surface area (Å²) in [5.41, 5.74) is 2.86. The fourth-order valence-corrected chi connectivity index (χ4v) is 3.95. The molecule has 0 N–H and O–H groups in total. The summed E-state index contributed by atoms with van der Waals surface area (Å²) in [5.74, 6) is -0.270. The number of hydrogen-bond donors (Lipinski definition) is 0. The lowest BCUT2D eigenvalue weighted by Gasteiger charge is -2.38. The van der Waals surface area contributed by atoms with Crippen LogP contribution in [0.25, 0.3) is 0 Å². The quantitative estimate of drug-likeness (QED) is 0.727. The molecule has 2 aliphatic heterocycles. The predicted octanol–water partition coefficient (Wildman–Crippen LogP) is 4.77. The van der Waals surface area contributed by atoms with E-state index in [4.69, 9.17) is 4.74 Å². The third-order valence-corrected chi connectivity index (χ3v) is 5.24. The van der Waals surface area contributed by atoms with Crippen molar-refractivity contribution in [3.63, 3.8) is 0 Å². The molecule has 2 heterocycles. The molecule has 2 aromatic carbocycles. The van der Waals surface area contributed by atoms with Gasteiger partial charge in [-0.15, -0.1) is 0 Å². The normalized spacial score (nSPS) is 20.8. The Morgan fingerprint density at radius 2 is 1.82 bits per heavy atom. The van der Waals surface area contributed by atoms with Crippen LogP contribution in [0.15, 0.2) is 71.4 Å². The van der Waals surface area contributed by atoms with Crippen molar-refractivity contribution < 1.29 is 9.53 Å². The Hall–Kier alpha value is -2.88. The van der Waals surface area contributed by atoms with Crippen LogP contribution in [-0.4, -0.2) is 29.2 Å². The van der Waals surface area contributed by atoms with Gasteiger partial charge in [-0.2, -0.15) is 0 Å². The second-order valence-corrected chi connectivity index (χ2v) is 8.50. The second-order valence-electron chi connectivity index (χ2n) is 8.50. The molecule has 2 aliphatic rings. The van der Waals surface area contributed by atoms with Crippen molar-refractivity contribution in [1.29, 1.82) is 0 Å². The molecular weight excluding hydrogens is 348 g/mol. The van der Waals surface area contributed by atoms with Gasteiger partial charge >= 0.3 is 5.97 Å². The van der Waals surface area contributed by atoms with Crippen LogP contribution in [0, 0.1) is 0 Å². The van der Waals surface area contributed by atoms with E-state index in [1.54, 1.807) is 0 Å². The minimum Gasteiger partial charge on any atom is -0.457 e. The average Bonchev–Trinajstić information content (AvgIpc) is 3.02. The molecule has 2 aromatic rings. The van der Waals surface area contributed by atoms with E-state index in [9.17, 15) is 4.79 Å². The SMILES string of the molecule is CC(C)(C)OC(=O)C1=CN(Cc2ccccc2)CCC12C=Nc1ccccc12. The molecule has 1 atom stereocenters. The summed E-state index contributed by atoms with van der Waals surface area (Å²) >= 11 is 0. The molecule has 0 fully saturated rings. The Bertz CT molecular complexity index is 941. The Morgan fingerprint density at radius 3 is 2.57 bits per heavy atom. The molecule has 0 aromatic heterocycles. The first-order valence-corrected chi connectivity index (χ1v) is 9.76. The molecule has 1 spiro atoms. The number of esters is 1. The lowest BCUT2D eigenvalue weighted by atomic mass is 9.72. The minimum absolute atomic E-state index is 0.270. The summed E-state index contributed by atoms with van der Waals surface area (Å²) in [6, 6.07) is 18.4. The Balaban J connectivity index is 1.73. The number of rotatable bonds is 3.